The van der Waals surface area contributed by atoms with Gasteiger partial charge in [-0.15, -0.1) is 11.3 Å². The van der Waals surface area contributed by atoms with Crippen LogP contribution in [0.2, 0.25) is 0 Å². The molecule has 1 amide bonds. The Morgan fingerprint density at radius 3 is 2.64 bits per heavy atom. The standard InChI is InChI=1S/C23H28N4O4S2/c1-4-27(12-19(28)24-17-9-10-33(30,31)13-17)11-18-25-22(29)21-20(15(3)32-23(21)26-18)16-7-5-14(2)6-8-16/h5-8,17H,4,9-13H2,1-3H3,(H,24,28)(H,25,26,29)/t17-/m0/s1. The van der Waals surface area contributed by atoms with E-state index in [9.17, 15) is 18.0 Å². The number of likely N-dealkylation sites (N-methyl/N-ethyl adjacent to an activating group) is 1. The summed E-state index contributed by atoms with van der Waals surface area (Å²) in [7, 11) is -3.05. The number of carbonyl (C=O) groups is 1. The number of nitrogens with one attached hydrogen (secondary N) is 2. The quantitative estimate of drug-likeness (QED) is 0.528. The molecule has 8 nitrogen and oxygen atoms in total. The van der Waals surface area contributed by atoms with Gasteiger partial charge in [0.25, 0.3) is 5.56 Å². The molecule has 2 aromatic heterocycles. The summed E-state index contributed by atoms with van der Waals surface area (Å²) in [5.74, 6) is 0.390. The Morgan fingerprint density at radius 1 is 1.27 bits per heavy atom. The summed E-state index contributed by atoms with van der Waals surface area (Å²) in [6.07, 6.45) is 0.451. The third-order valence-electron chi connectivity index (χ3n) is 5.91. The van der Waals surface area contributed by atoms with Gasteiger partial charge in [-0.3, -0.25) is 14.5 Å². The van der Waals surface area contributed by atoms with Crippen molar-refractivity contribution in [3.05, 3.63) is 50.9 Å². The number of amides is 1. The summed E-state index contributed by atoms with van der Waals surface area (Å²) in [4.78, 5) is 36.6. The molecule has 0 bridgehead atoms. The Bertz CT molecular complexity index is 1340. The fourth-order valence-electron chi connectivity index (χ4n) is 4.18. The van der Waals surface area contributed by atoms with Crippen molar-refractivity contribution in [1.82, 2.24) is 20.2 Å². The number of nitrogens with zero attached hydrogens (tertiary/aromatic N) is 2. The van der Waals surface area contributed by atoms with Gasteiger partial charge in [-0.1, -0.05) is 36.8 Å². The first-order valence-electron chi connectivity index (χ1n) is 11.0. The molecule has 1 fully saturated rings. The molecule has 176 valence electrons. The molecule has 1 aromatic carbocycles. The van der Waals surface area contributed by atoms with Crippen LogP contribution in [0.15, 0.2) is 29.1 Å². The molecule has 2 N–H and O–H groups in total. The van der Waals surface area contributed by atoms with Gasteiger partial charge in [0.15, 0.2) is 9.84 Å². The first-order chi connectivity index (χ1) is 15.6. The fourth-order valence-corrected chi connectivity index (χ4v) is 6.92. The van der Waals surface area contributed by atoms with Crippen molar-refractivity contribution in [3.63, 3.8) is 0 Å². The molecule has 3 aromatic rings. The number of benzene rings is 1. The van der Waals surface area contributed by atoms with Crippen LogP contribution in [0.4, 0.5) is 0 Å². The van der Waals surface area contributed by atoms with Crippen LogP contribution in [0.3, 0.4) is 0 Å². The van der Waals surface area contributed by atoms with Crippen LogP contribution in [-0.4, -0.2) is 59.8 Å². The van der Waals surface area contributed by atoms with Crippen molar-refractivity contribution in [2.24, 2.45) is 0 Å². The van der Waals surface area contributed by atoms with Crippen molar-refractivity contribution in [2.75, 3.05) is 24.6 Å². The Kier molecular flexibility index (Phi) is 6.69. The van der Waals surface area contributed by atoms with Crippen LogP contribution in [0.5, 0.6) is 0 Å². The van der Waals surface area contributed by atoms with Gasteiger partial charge in [0.1, 0.15) is 10.7 Å². The van der Waals surface area contributed by atoms with Crippen LogP contribution in [0.25, 0.3) is 21.3 Å². The molecule has 10 heteroatoms. The average molecular weight is 489 g/mol. The number of rotatable bonds is 7. The van der Waals surface area contributed by atoms with Crippen molar-refractivity contribution in [3.8, 4) is 11.1 Å². The van der Waals surface area contributed by atoms with E-state index in [4.69, 9.17) is 0 Å². The molecule has 0 aliphatic carbocycles. The largest absolute Gasteiger partial charge is 0.351 e. The van der Waals surface area contributed by atoms with E-state index in [-0.39, 0.29) is 35.6 Å². The third-order valence-corrected chi connectivity index (χ3v) is 8.68. The van der Waals surface area contributed by atoms with E-state index < -0.39 is 9.84 Å². The van der Waals surface area contributed by atoms with Gasteiger partial charge in [-0.25, -0.2) is 13.4 Å². The molecule has 4 rings (SSSR count). The van der Waals surface area contributed by atoms with E-state index in [1.54, 1.807) is 0 Å². The van der Waals surface area contributed by atoms with Crippen LogP contribution >= 0.6 is 11.3 Å². The van der Waals surface area contributed by atoms with E-state index in [2.05, 4.69) is 15.3 Å². The number of aryl methyl sites for hydroxylation is 2. The number of sulfone groups is 1. The normalized spacial score (nSPS) is 17.6. The maximum atomic E-state index is 13.0. The minimum atomic E-state index is -3.05. The number of hydrogen-bond donors (Lipinski definition) is 2. The zero-order valence-electron chi connectivity index (χ0n) is 19.0. The van der Waals surface area contributed by atoms with E-state index in [0.717, 1.165) is 21.6 Å². The van der Waals surface area contributed by atoms with Gasteiger partial charge in [-0.2, -0.15) is 0 Å². The van der Waals surface area contributed by atoms with Crippen molar-refractivity contribution in [2.45, 2.75) is 39.8 Å². The summed E-state index contributed by atoms with van der Waals surface area (Å²) in [6, 6.07) is 7.76. The smallest absolute Gasteiger partial charge is 0.260 e. The molecule has 0 radical (unpaired) electrons. The Hall–Kier alpha value is -2.56. The number of aromatic nitrogens is 2. The van der Waals surface area contributed by atoms with Gasteiger partial charge in [-0.05, 0) is 32.4 Å². The molecule has 3 heterocycles. The van der Waals surface area contributed by atoms with E-state index in [0.29, 0.717) is 35.6 Å². The highest BCUT2D eigenvalue weighted by Crippen LogP contribution is 2.35. The summed E-state index contributed by atoms with van der Waals surface area (Å²) in [5.41, 5.74) is 2.87. The monoisotopic (exact) mass is 488 g/mol. The lowest BCUT2D eigenvalue weighted by atomic mass is 10.0. The number of hydrogen-bond acceptors (Lipinski definition) is 7. The van der Waals surface area contributed by atoms with Crippen LogP contribution in [0, 0.1) is 13.8 Å². The lowest BCUT2D eigenvalue weighted by molar-refractivity contribution is -0.122. The van der Waals surface area contributed by atoms with E-state index >= 15 is 0 Å². The summed E-state index contributed by atoms with van der Waals surface area (Å²) in [6.45, 7) is 6.94. The van der Waals surface area contributed by atoms with Crippen LogP contribution < -0.4 is 10.9 Å². The van der Waals surface area contributed by atoms with Crippen LogP contribution in [0.1, 0.15) is 29.6 Å². The van der Waals surface area contributed by atoms with E-state index in [1.165, 1.54) is 11.3 Å². The SMILES string of the molecule is CCN(CC(=O)N[C@H]1CCS(=O)(=O)C1)Cc1nc2sc(C)c(-c3ccc(C)cc3)c2c(=O)[nH]1. The molecule has 0 spiro atoms. The number of aromatic amines is 1. The Morgan fingerprint density at radius 2 is 2.00 bits per heavy atom. The van der Waals surface area contributed by atoms with Crippen molar-refractivity contribution in [1.29, 1.82) is 0 Å². The number of carbonyl (C=O) groups excluding carboxylic acids is 1. The molecular formula is C23H28N4O4S2. The van der Waals surface area contributed by atoms with Crippen molar-refractivity contribution < 1.29 is 13.2 Å². The second-order valence-electron chi connectivity index (χ2n) is 8.56. The molecule has 1 aliphatic heterocycles. The maximum absolute atomic E-state index is 13.0. The predicted molar refractivity (Wildman–Crippen MR) is 131 cm³/mol. The van der Waals surface area contributed by atoms with Gasteiger partial charge in [0.05, 0.1) is 30.0 Å². The van der Waals surface area contributed by atoms with Crippen LogP contribution in [-0.2, 0) is 21.2 Å². The average Bonchev–Trinajstić information content (AvgIpc) is 3.26. The van der Waals surface area contributed by atoms with Gasteiger partial charge < -0.3 is 10.3 Å². The van der Waals surface area contributed by atoms with E-state index in [1.807, 2.05) is 49.9 Å². The molecular weight excluding hydrogens is 460 g/mol. The lowest BCUT2D eigenvalue weighted by Crippen LogP contribution is -2.42. The number of thiophene rings is 1. The molecule has 1 saturated heterocycles. The Labute approximate surface area is 197 Å². The highest BCUT2D eigenvalue weighted by Gasteiger charge is 2.29. The van der Waals surface area contributed by atoms with Crippen molar-refractivity contribution >= 4 is 37.3 Å². The minimum absolute atomic E-state index is 0.00253. The lowest BCUT2D eigenvalue weighted by Gasteiger charge is -2.20. The highest BCUT2D eigenvalue weighted by atomic mass is 32.2. The number of fused-ring (bicyclic) bond motifs is 1. The summed E-state index contributed by atoms with van der Waals surface area (Å²) >= 11 is 1.49. The minimum Gasteiger partial charge on any atom is -0.351 e. The molecule has 1 aliphatic rings. The predicted octanol–water partition coefficient (Wildman–Crippen LogP) is 2.39. The fraction of sp³-hybridized carbons (Fsp3) is 0.435. The maximum Gasteiger partial charge on any atom is 0.260 e. The first-order valence-corrected chi connectivity index (χ1v) is 13.6. The topological polar surface area (TPSA) is 112 Å². The molecule has 1 atom stereocenters. The number of H-pyrrole nitrogens is 1. The van der Waals surface area contributed by atoms with Gasteiger partial charge in [0.2, 0.25) is 5.91 Å². The summed E-state index contributed by atoms with van der Waals surface area (Å²) in [5, 5.41) is 3.40. The van der Waals surface area contributed by atoms with Gasteiger partial charge in [0, 0.05) is 16.5 Å². The second kappa shape index (κ2) is 9.36. The first kappa shape index (κ1) is 23.6. The third kappa shape index (κ3) is 5.34. The highest BCUT2D eigenvalue weighted by molar-refractivity contribution is 7.91. The zero-order chi connectivity index (χ0) is 23.8. The second-order valence-corrected chi connectivity index (χ2v) is 12.0. The van der Waals surface area contributed by atoms with Gasteiger partial charge >= 0.3 is 0 Å². The Balaban J connectivity index is 1.51. The molecule has 33 heavy (non-hydrogen) atoms. The molecule has 0 unspecified atom stereocenters. The zero-order valence-corrected chi connectivity index (χ0v) is 20.6. The summed E-state index contributed by atoms with van der Waals surface area (Å²) < 4.78 is 23.2. The molecule has 0 saturated carbocycles.